The van der Waals surface area contributed by atoms with E-state index in [2.05, 4.69) is 5.10 Å². The summed E-state index contributed by atoms with van der Waals surface area (Å²) in [7, 11) is 1.82. The molecule has 96 valence electrons. The average molecular weight is 247 g/mol. The Morgan fingerprint density at radius 1 is 1.33 bits per heavy atom. The van der Waals surface area contributed by atoms with Gasteiger partial charge in [0.1, 0.15) is 5.75 Å². The van der Waals surface area contributed by atoms with Gasteiger partial charge < -0.3 is 15.6 Å². The number of nitrogens with zero attached hydrogens (tertiary/aromatic N) is 2. The number of ether oxygens (including phenoxy) is 1. The molecule has 1 heterocycles. The number of benzene rings is 1. The summed E-state index contributed by atoms with van der Waals surface area (Å²) in [6.45, 7) is 2.33. The van der Waals surface area contributed by atoms with Crippen LogP contribution in [0.1, 0.15) is 16.8 Å². The normalized spacial score (nSPS) is 10.7. The Balaban J connectivity index is 2.27. The van der Waals surface area contributed by atoms with Crippen LogP contribution in [0, 0.1) is 6.92 Å². The van der Waals surface area contributed by atoms with Crippen LogP contribution >= 0.6 is 0 Å². The fourth-order valence-corrected chi connectivity index (χ4v) is 1.82. The van der Waals surface area contributed by atoms with Crippen LogP contribution in [0.3, 0.4) is 0 Å². The standard InChI is InChI=1S/C13H17N3O2/c1-9-12(7-14)13(16(2)15-9)18-11-5-3-10(8-17)4-6-11/h3-6,17H,7-8,14H2,1-2H3. The van der Waals surface area contributed by atoms with Gasteiger partial charge in [-0.25, -0.2) is 4.68 Å². The maximum atomic E-state index is 8.98. The van der Waals surface area contributed by atoms with E-state index in [4.69, 9.17) is 15.6 Å². The van der Waals surface area contributed by atoms with E-state index in [1.54, 1.807) is 4.68 Å². The van der Waals surface area contributed by atoms with E-state index in [9.17, 15) is 0 Å². The van der Waals surface area contributed by atoms with Gasteiger partial charge in [-0.3, -0.25) is 0 Å². The summed E-state index contributed by atoms with van der Waals surface area (Å²) in [5.41, 5.74) is 8.33. The van der Waals surface area contributed by atoms with E-state index in [-0.39, 0.29) is 6.61 Å². The van der Waals surface area contributed by atoms with Gasteiger partial charge in [0.15, 0.2) is 0 Å². The van der Waals surface area contributed by atoms with Gasteiger partial charge in [0.25, 0.3) is 0 Å². The summed E-state index contributed by atoms with van der Waals surface area (Å²) in [5.74, 6) is 1.36. The Morgan fingerprint density at radius 2 is 2.00 bits per heavy atom. The Morgan fingerprint density at radius 3 is 2.56 bits per heavy atom. The highest BCUT2D eigenvalue weighted by Crippen LogP contribution is 2.26. The van der Waals surface area contributed by atoms with Gasteiger partial charge >= 0.3 is 0 Å². The predicted molar refractivity (Wildman–Crippen MR) is 68.3 cm³/mol. The van der Waals surface area contributed by atoms with Crippen molar-refractivity contribution in [1.29, 1.82) is 0 Å². The van der Waals surface area contributed by atoms with Crippen molar-refractivity contribution in [3.05, 3.63) is 41.1 Å². The van der Waals surface area contributed by atoms with Gasteiger partial charge in [-0.1, -0.05) is 12.1 Å². The lowest BCUT2D eigenvalue weighted by Crippen LogP contribution is -2.01. The summed E-state index contributed by atoms with van der Waals surface area (Å²) in [6.07, 6.45) is 0. The van der Waals surface area contributed by atoms with Gasteiger partial charge in [0.05, 0.1) is 17.9 Å². The second kappa shape index (κ2) is 5.20. The number of aliphatic hydroxyl groups excluding tert-OH is 1. The summed E-state index contributed by atoms with van der Waals surface area (Å²) in [4.78, 5) is 0. The lowest BCUT2D eigenvalue weighted by atomic mass is 10.2. The molecule has 0 aliphatic carbocycles. The highest BCUT2D eigenvalue weighted by Gasteiger charge is 2.13. The molecule has 0 saturated heterocycles. The molecule has 2 aromatic rings. The van der Waals surface area contributed by atoms with Crippen molar-refractivity contribution in [3.63, 3.8) is 0 Å². The Kier molecular flexibility index (Phi) is 3.64. The van der Waals surface area contributed by atoms with Gasteiger partial charge in [-0.15, -0.1) is 0 Å². The van der Waals surface area contributed by atoms with E-state index in [0.29, 0.717) is 18.2 Å². The summed E-state index contributed by atoms with van der Waals surface area (Å²) >= 11 is 0. The summed E-state index contributed by atoms with van der Waals surface area (Å²) in [5, 5.41) is 13.3. The Hall–Kier alpha value is -1.85. The molecule has 5 nitrogen and oxygen atoms in total. The van der Waals surface area contributed by atoms with E-state index >= 15 is 0 Å². The first-order valence-electron chi connectivity index (χ1n) is 5.76. The SMILES string of the molecule is Cc1nn(C)c(Oc2ccc(CO)cc2)c1CN. The molecule has 0 saturated carbocycles. The monoisotopic (exact) mass is 247 g/mol. The fourth-order valence-electron chi connectivity index (χ4n) is 1.82. The molecule has 0 atom stereocenters. The average Bonchev–Trinajstić information content (AvgIpc) is 2.64. The minimum Gasteiger partial charge on any atom is -0.439 e. The van der Waals surface area contributed by atoms with Crippen LogP contribution in [-0.4, -0.2) is 14.9 Å². The summed E-state index contributed by atoms with van der Waals surface area (Å²) < 4.78 is 7.47. The number of aromatic nitrogens is 2. The van der Waals surface area contributed by atoms with Crippen LogP contribution in [0.2, 0.25) is 0 Å². The Labute approximate surface area is 106 Å². The topological polar surface area (TPSA) is 73.3 Å². The van der Waals surface area contributed by atoms with Crippen molar-refractivity contribution in [3.8, 4) is 11.6 Å². The van der Waals surface area contributed by atoms with Gasteiger partial charge in [0.2, 0.25) is 5.88 Å². The van der Waals surface area contributed by atoms with E-state index in [0.717, 1.165) is 16.8 Å². The maximum absolute atomic E-state index is 8.98. The smallest absolute Gasteiger partial charge is 0.222 e. The lowest BCUT2D eigenvalue weighted by Gasteiger charge is -2.08. The molecule has 0 aliphatic rings. The van der Waals surface area contributed by atoms with Crippen molar-refractivity contribution >= 4 is 0 Å². The van der Waals surface area contributed by atoms with Crippen LogP contribution in [0.5, 0.6) is 11.6 Å². The predicted octanol–water partition coefficient (Wildman–Crippen LogP) is 1.47. The number of hydrogen-bond donors (Lipinski definition) is 2. The zero-order chi connectivity index (χ0) is 13.1. The van der Waals surface area contributed by atoms with Crippen LogP contribution < -0.4 is 10.5 Å². The molecule has 0 amide bonds. The third-order valence-electron chi connectivity index (χ3n) is 2.81. The molecule has 0 spiro atoms. The molecular weight excluding hydrogens is 230 g/mol. The largest absolute Gasteiger partial charge is 0.439 e. The molecule has 0 radical (unpaired) electrons. The zero-order valence-electron chi connectivity index (χ0n) is 10.6. The van der Waals surface area contributed by atoms with Crippen molar-refractivity contribution in [2.75, 3.05) is 0 Å². The zero-order valence-corrected chi connectivity index (χ0v) is 10.6. The van der Waals surface area contributed by atoms with E-state index in [1.807, 2.05) is 38.2 Å². The highest BCUT2D eigenvalue weighted by atomic mass is 16.5. The minimum absolute atomic E-state index is 0.0269. The second-order valence-electron chi connectivity index (χ2n) is 4.10. The minimum atomic E-state index is 0.0269. The number of rotatable bonds is 4. The van der Waals surface area contributed by atoms with Crippen molar-refractivity contribution in [1.82, 2.24) is 9.78 Å². The number of aliphatic hydroxyl groups is 1. The van der Waals surface area contributed by atoms with Crippen LogP contribution in [0.4, 0.5) is 0 Å². The molecular formula is C13H17N3O2. The number of nitrogens with two attached hydrogens (primary N) is 1. The molecule has 0 unspecified atom stereocenters. The molecule has 18 heavy (non-hydrogen) atoms. The molecule has 0 bridgehead atoms. The molecule has 1 aromatic heterocycles. The van der Waals surface area contributed by atoms with Crippen LogP contribution in [0.25, 0.3) is 0 Å². The molecule has 1 aromatic carbocycles. The van der Waals surface area contributed by atoms with E-state index in [1.165, 1.54) is 0 Å². The molecule has 3 N–H and O–H groups in total. The van der Waals surface area contributed by atoms with Crippen molar-refractivity contribution in [2.45, 2.75) is 20.1 Å². The van der Waals surface area contributed by atoms with Crippen molar-refractivity contribution < 1.29 is 9.84 Å². The molecule has 0 fully saturated rings. The lowest BCUT2D eigenvalue weighted by molar-refractivity contribution is 0.281. The number of aryl methyl sites for hydroxylation is 2. The fraction of sp³-hybridized carbons (Fsp3) is 0.308. The van der Waals surface area contributed by atoms with Gasteiger partial charge in [-0.05, 0) is 24.6 Å². The van der Waals surface area contributed by atoms with E-state index < -0.39 is 0 Å². The quantitative estimate of drug-likeness (QED) is 0.858. The molecule has 0 aliphatic heterocycles. The first-order chi connectivity index (χ1) is 8.65. The third kappa shape index (κ3) is 2.37. The summed E-state index contributed by atoms with van der Waals surface area (Å²) in [6, 6.07) is 7.27. The highest BCUT2D eigenvalue weighted by molar-refractivity contribution is 5.36. The van der Waals surface area contributed by atoms with Gasteiger partial charge in [-0.2, -0.15) is 5.10 Å². The molecule has 2 rings (SSSR count). The van der Waals surface area contributed by atoms with Crippen molar-refractivity contribution in [2.24, 2.45) is 12.8 Å². The van der Waals surface area contributed by atoms with Crippen LogP contribution in [0.15, 0.2) is 24.3 Å². The second-order valence-corrected chi connectivity index (χ2v) is 4.10. The van der Waals surface area contributed by atoms with Gasteiger partial charge in [0, 0.05) is 13.6 Å². The maximum Gasteiger partial charge on any atom is 0.222 e. The molecule has 5 heteroatoms. The third-order valence-corrected chi connectivity index (χ3v) is 2.81. The van der Waals surface area contributed by atoms with Crippen LogP contribution in [-0.2, 0) is 20.2 Å². The first kappa shape index (κ1) is 12.6. The Bertz CT molecular complexity index is 532. The first-order valence-corrected chi connectivity index (χ1v) is 5.76. The number of hydrogen-bond acceptors (Lipinski definition) is 4.